The van der Waals surface area contributed by atoms with Crippen LogP contribution in [0.25, 0.3) is 0 Å². The van der Waals surface area contributed by atoms with Crippen LogP contribution in [0.3, 0.4) is 0 Å². The molecule has 0 unspecified atom stereocenters. The fourth-order valence-electron chi connectivity index (χ4n) is 3.74. The van der Waals surface area contributed by atoms with Crippen molar-refractivity contribution >= 4 is 23.9 Å². The zero-order valence-electron chi connectivity index (χ0n) is 22.6. The number of nitrogens with zero attached hydrogens (tertiary/aromatic N) is 1. The summed E-state index contributed by atoms with van der Waals surface area (Å²) in [5.41, 5.74) is 16.0. The first-order valence-electron chi connectivity index (χ1n) is 12.2. The van der Waals surface area contributed by atoms with E-state index in [1.165, 1.54) is 28.6 Å². The third kappa shape index (κ3) is 9.70. The Morgan fingerprint density at radius 1 is 1.11 bits per heavy atom. The van der Waals surface area contributed by atoms with E-state index in [4.69, 9.17) is 30.9 Å². The van der Waals surface area contributed by atoms with E-state index in [9.17, 15) is 4.79 Å². The molecule has 2 aromatic rings. The third-order valence-corrected chi connectivity index (χ3v) is 7.01. The van der Waals surface area contributed by atoms with Gasteiger partial charge in [0, 0.05) is 11.3 Å². The number of aryl methyl sites for hydroxylation is 1. The monoisotopic (exact) mass is 532 g/mol. The predicted octanol–water partition coefficient (Wildman–Crippen LogP) is 4.37. The van der Waals surface area contributed by atoms with Crippen LogP contribution in [0.15, 0.2) is 34.3 Å². The molecule has 0 bridgehead atoms. The summed E-state index contributed by atoms with van der Waals surface area (Å²) in [5, 5.41) is 12.1. The van der Waals surface area contributed by atoms with Crippen molar-refractivity contribution in [3.63, 3.8) is 0 Å². The molecule has 1 aliphatic heterocycles. The minimum atomic E-state index is -0.849. The molecule has 37 heavy (non-hydrogen) atoms. The van der Waals surface area contributed by atoms with Crippen LogP contribution >= 0.6 is 11.9 Å². The van der Waals surface area contributed by atoms with E-state index in [1.54, 1.807) is 0 Å². The molecule has 0 atom stereocenters. The summed E-state index contributed by atoms with van der Waals surface area (Å²) in [7, 11) is 0. The topological polar surface area (TPSA) is 141 Å². The van der Waals surface area contributed by atoms with Crippen molar-refractivity contribution in [2.45, 2.75) is 71.3 Å². The van der Waals surface area contributed by atoms with Crippen LogP contribution < -0.4 is 25.7 Å². The number of fused-ring (bicyclic) bond motifs is 1. The summed E-state index contributed by atoms with van der Waals surface area (Å²) >= 11 is 1.40. The van der Waals surface area contributed by atoms with Gasteiger partial charge in [-0.1, -0.05) is 17.7 Å². The van der Waals surface area contributed by atoms with Gasteiger partial charge in [-0.25, -0.2) is 4.72 Å². The Hall–Kier alpha value is -3.11. The lowest BCUT2D eigenvalue weighted by molar-refractivity contribution is -0.135. The largest absolute Gasteiger partial charge is 0.493 e. The zero-order valence-corrected chi connectivity index (χ0v) is 23.5. The van der Waals surface area contributed by atoms with E-state index in [0.717, 1.165) is 46.8 Å². The smallest absolute Gasteiger partial charge is 0.318 e. The Morgan fingerprint density at radius 2 is 1.78 bits per heavy atom. The molecule has 0 aromatic heterocycles. The number of carboxylic acids is 1. The molecule has 3 rings (SSSR count). The number of oxime groups is 1. The molecular weight excluding hydrogens is 492 g/mol. The highest BCUT2D eigenvalue weighted by atomic mass is 32.2. The van der Waals surface area contributed by atoms with Crippen molar-refractivity contribution < 1.29 is 24.2 Å². The van der Waals surface area contributed by atoms with Gasteiger partial charge in [0.15, 0.2) is 0 Å². The molecule has 0 radical (unpaired) electrons. The van der Waals surface area contributed by atoms with E-state index in [1.807, 2.05) is 31.2 Å². The van der Waals surface area contributed by atoms with Crippen LogP contribution in [0.1, 0.15) is 54.5 Å². The molecule has 10 heteroatoms. The Morgan fingerprint density at radius 3 is 2.41 bits per heavy atom. The highest BCUT2D eigenvalue weighted by Crippen LogP contribution is 2.43. The minimum absolute atomic E-state index is 0.0524. The second-order valence-electron chi connectivity index (χ2n) is 9.55. The fourth-order valence-corrected chi connectivity index (χ4v) is 4.66. The molecule has 6 N–H and O–H groups in total. The van der Waals surface area contributed by atoms with Crippen LogP contribution in [0.2, 0.25) is 0 Å². The summed E-state index contributed by atoms with van der Waals surface area (Å²) in [6.45, 7) is 13.5. The molecule has 204 valence electrons. The summed E-state index contributed by atoms with van der Waals surface area (Å²) in [4.78, 5) is 16.6. The average molecular weight is 533 g/mol. The number of aliphatic carboxylic acids is 1. The molecule has 0 aliphatic carbocycles. The highest BCUT2D eigenvalue weighted by Gasteiger charge is 2.30. The number of nitrogens with two attached hydrogens (primary N) is 2. The number of rotatable bonds is 10. The van der Waals surface area contributed by atoms with Gasteiger partial charge >= 0.3 is 5.97 Å². The van der Waals surface area contributed by atoms with Gasteiger partial charge in [0.1, 0.15) is 30.3 Å². The Kier molecular flexibility index (Phi) is 11.4. The molecule has 2 aromatic carbocycles. The van der Waals surface area contributed by atoms with E-state index in [-0.39, 0.29) is 18.1 Å². The van der Waals surface area contributed by atoms with Crippen molar-refractivity contribution in [3.05, 3.63) is 52.1 Å². The molecule has 1 aliphatic rings. The normalized spacial score (nSPS) is 13.4. The molecule has 9 nitrogen and oxygen atoms in total. The molecular formula is C27H40N4O5S. The Labute approximate surface area is 224 Å². The first-order valence-corrected chi connectivity index (χ1v) is 13.1. The number of hydrogen-bond donors (Lipinski definition) is 4. The maximum atomic E-state index is 10.6. The van der Waals surface area contributed by atoms with Crippen molar-refractivity contribution in [2.75, 3.05) is 19.8 Å². The van der Waals surface area contributed by atoms with Crippen LogP contribution in [-0.4, -0.2) is 42.4 Å². The summed E-state index contributed by atoms with van der Waals surface area (Å²) in [6, 6.07) is 7.88. The molecule has 1 heterocycles. The number of hydrogen-bond acceptors (Lipinski definition) is 7. The van der Waals surface area contributed by atoms with E-state index < -0.39 is 5.97 Å². The summed E-state index contributed by atoms with van der Waals surface area (Å²) in [5.74, 6) is 0.952. The van der Waals surface area contributed by atoms with Gasteiger partial charge in [-0.2, -0.15) is 0 Å². The number of guanidine groups is 1. The number of nitrogens with one attached hydrogen (secondary N) is 1. The van der Waals surface area contributed by atoms with Crippen molar-refractivity contribution in [3.8, 4) is 11.5 Å². The van der Waals surface area contributed by atoms with Gasteiger partial charge in [-0.05, 0) is 106 Å². The molecule has 0 saturated carbocycles. The van der Waals surface area contributed by atoms with Gasteiger partial charge in [0.2, 0.25) is 5.96 Å². The van der Waals surface area contributed by atoms with Gasteiger partial charge < -0.3 is 30.9 Å². The van der Waals surface area contributed by atoms with E-state index in [0.29, 0.717) is 13.2 Å². The third-order valence-electron chi connectivity index (χ3n) is 5.90. The van der Waals surface area contributed by atoms with Gasteiger partial charge in [-0.3, -0.25) is 4.79 Å². The molecule has 0 amide bonds. The standard InChI is InChI=1S/C16H23NO3S.C11H17N3O2/c1-9-10(2)15(21-17-8-13(18)19)11(3)12-6-7-16(4,5)20-14(9)12;1-9-3-5-10(6-4-9)15-7-2-8-16-14-11(12)13/h17H,6-8H2,1-5H3,(H,18,19);3-6H,2,7-8H2,1H3,(H4,12,13,14). The maximum Gasteiger partial charge on any atom is 0.318 e. The van der Waals surface area contributed by atoms with Crippen molar-refractivity contribution in [1.82, 2.24) is 4.72 Å². The average Bonchev–Trinajstić information content (AvgIpc) is 2.82. The number of carboxylic acid groups (broad SMARTS) is 1. The SMILES string of the molecule is Cc1c(C)c(SNCC(=O)O)c(C)c2c1OC(C)(C)CC2.Cc1ccc(OCCCON=C(N)N)cc1. The predicted molar refractivity (Wildman–Crippen MR) is 148 cm³/mol. The van der Waals surface area contributed by atoms with Crippen LogP contribution in [0.5, 0.6) is 11.5 Å². The van der Waals surface area contributed by atoms with Gasteiger partial charge in [0.25, 0.3) is 0 Å². The van der Waals surface area contributed by atoms with Crippen molar-refractivity contribution in [1.29, 1.82) is 0 Å². The lowest BCUT2D eigenvalue weighted by Crippen LogP contribution is -2.33. The quantitative estimate of drug-likeness (QED) is 0.115. The fraction of sp³-hybridized carbons (Fsp3) is 0.481. The first kappa shape index (κ1) is 30.1. The number of benzene rings is 2. The maximum absolute atomic E-state index is 10.6. The molecule has 0 fully saturated rings. The molecule has 0 saturated heterocycles. The van der Waals surface area contributed by atoms with Crippen LogP contribution in [0, 0.1) is 27.7 Å². The Bertz CT molecular complexity index is 1080. The number of carbonyl (C=O) groups is 1. The van der Waals surface area contributed by atoms with Gasteiger partial charge in [-0.15, -0.1) is 0 Å². The highest BCUT2D eigenvalue weighted by molar-refractivity contribution is 7.97. The van der Waals surface area contributed by atoms with Crippen molar-refractivity contribution in [2.24, 2.45) is 16.6 Å². The second-order valence-corrected chi connectivity index (χ2v) is 10.5. The van der Waals surface area contributed by atoms with Gasteiger partial charge in [0.05, 0.1) is 6.61 Å². The van der Waals surface area contributed by atoms with Crippen LogP contribution in [-0.2, 0) is 16.1 Å². The first-order chi connectivity index (χ1) is 17.4. The molecule has 0 spiro atoms. The lowest BCUT2D eigenvalue weighted by atomic mass is 9.88. The van der Waals surface area contributed by atoms with Crippen LogP contribution in [0.4, 0.5) is 0 Å². The number of ether oxygens (including phenoxy) is 2. The lowest BCUT2D eigenvalue weighted by Gasteiger charge is -2.35. The Balaban J connectivity index is 0.000000271. The summed E-state index contributed by atoms with van der Waals surface area (Å²) in [6.07, 6.45) is 2.72. The van der Waals surface area contributed by atoms with E-state index in [2.05, 4.69) is 44.5 Å². The second kappa shape index (κ2) is 14.0. The van der Waals surface area contributed by atoms with E-state index >= 15 is 0 Å². The summed E-state index contributed by atoms with van der Waals surface area (Å²) < 4.78 is 14.6. The minimum Gasteiger partial charge on any atom is -0.493 e. The zero-order chi connectivity index (χ0) is 27.6.